The molecule has 0 aromatic carbocycles. The molecule has 1 aliphatic carbocycles. The van der Waals surface area contributed by atoms with Crippen LogP contribution in [0.4, 0.5) is 0 Å². The van der Waals surface area contributed by atoms with Crippen LogP contribution in [0.1, 0.15) is 43.6 Å². The Hall–Kier alpha value is -0.830. The van der Waals surface area contributed by atoms with Crippen molar-refractivity contribution >= 4 is 17.4 Å². The van der Waals surface area contributed by atoms with Gasteiger partial charge in [-0.25, -0.2) is 4.98 Å². The molecule has 1 fully saturated rings. The normalized spacial score (nSPS) is 24.2. The van der Waals surface area contributed by atoms with Gasteiger partial charge in [0.1, 0.15) is 11.6 Å². The van der Waals surface area contributed by atoms with E-state index in [9.17, 15) is 4.79 Å². The fourth-order valence-corrected chi connectivity index (χ4v) is 2.81. The lowest BCUT2D eigenvalue weighted by Crippen LogP contribution is -2.24. The zero-order valence-electron chi connectivity index (χ0n) is 9.37. The Labute approximate surface area is 99.8 Å². The largest absolute Gasteiger partial charge is 0.330 e. The van der Waals surface area contributed by atoms with Gasteiger partial charge in [0.25, 0.3) is 0 Å². The van der Waals surface area contributed by atoms with Crippen LogP contribution in [0.5, 0.6) is 0 Å². The average Bonchev–Trinajstić information content (AvgIpc) is 3.04. The zero-order valence-corrected chi connectivity index (χ0v) is 10.1. The molecule has 4 heteroatoms. The molecule has 16 heavy (non-hydrogen) atoms. The van der Waals surface area contributed by atoms with Crippen molar-refractivity contribution in [3.8, 4) is 0 Å². The van der Waals surface area contributed by atoms with Crippen molar-refractivity contribution in [2.45, 2.75) is 45.1 Å². The number of fused-ring (bicyclic) bond motifs is 1. The Bertz CT molecular complexity index is 448. The third kappa shape index (κ3) is 1.58. The van der Waals surface area contributed by atoms with E-state index < -0.39 is 0 Å². The first-order chi connectivity index (χ1) is 7.66. The molecule has 86 valence electrons. The molecule has 0 bridgehead atoms. The van der Waals surface area contributed by atoms with Crippen LogP contribution in [-0.4, -0.2) is 15.3 Å². The highest BCUT2D eigenvalue weighted by atomic mass is 35.5. The lowest BCUT2D eigenvalue weighted by Gasteiger charge is -2.23. The molecule has 1 aromatic rings. The van der Waals surface area contributed by atoms with Crippen LogP contribution in [0.2, 0.25) is 5.15 Å². The van der Waals surface area contributed by atoms with Gasteiger partial charge < -0.3 is 4.57 Å². The first-order valence-electron chi connectivity index (χ1n) is 5.92. The third-order valence-corrected chi connectivity index (χ3v) is 4.01. The molecule has 0 spiro atoms. The molecule has 1 saturated carbocycles. The summed E-state index contributed by atoms with van der Waals surface area (Å²) in [5.74, 6) is 2.20. The Morgan fingerprint density at radius 2 is 2.19 bits per heavy atom. The van der Waals surface area contributed by atoms with Gasteiger partial charge in [0.2, 0.25) is 0 Å². The number of hydrogen-bond acceptors (Lipinski definition) is 2. The van der Waals surface area contributed by atoms with Crippen molar-refractivity contribution in [3.05, 3.63) is 16.7 Å². The highest BCUT2D eigenvalue weighted by Gasteiger charge is 2.34. The number of Topliss-reactive ketones (excluding diaryl/α,β-unsaturated/α-hetero) is 1. The third-order valence-electron chi connectivity index (χ3n) is 3.71. The fraction of sp³-hybridized carbons (Fsp3) is 0.667. The number of nitrogens with zero attached hydrogens (tertiary/aromatic N) is 2. The van der Waals surface area contributed by atoms with Gasteiger partial charge in [-0.3, -0.25) is 4.79 Å². The molecule has 1 aliphatic heterocycles. The molecule has 3 nitrogen and oxygen atoms in total. The molecular formula is C12H15ClN2O. The number of ketones is 1. The summed E-state index contributed by atoms with van der Waals surface area (Å²) in [5.41, 5.74) is 1.08. The number of carbonyl (C=O) groups excluding carboxylic acids is 1. The van der Waals surface area contributed by atoms with Gasteiger partial charge >= 0.3 is 0 Å². The molecule has 0 amide bonds. The number of imidazole rings is 1. The molecule has 0 N–H and O–H groups in total. The van der Waals surface area contributed by atoms with Crippen molar-refractivity contribution in [2.75, 3.05) is 0 Å². The fourth-order valence-electron chi connectivity index (χ4n) is 2.54. The van der Waals surface area contributed by atoms with E-state index in [-0.39, 0.29) is 11.7 Å². The second-order valence-corrected chi connectivity index (χ2v) is 5.29. The van der Waals surface area contributed by atoms with Crippen LogP contribution in [0.3, 0.4) is 0 Å². The molecule has 1 aromatic heterocycles. The predicted molar refractivity (Wildman–Crippen MR) is 61.7 cm³/mol. The lowest BCUT2D eigenvalue weighted by molar-refractivity contribution is -0.121. The molecule has 1 unspecified atom stereocenters. The maximum atomic E-state index is 11.4. The minimum atomic E-state index is 0.147. The summed E-state index contributed by atoms with van der Waals surface area (Å²) < 4.78 is 2.25. The van der Waals surface area contributed by atoms with Gasteiger partial charge in [-0.2, -0.15) is 0 Å². The monoisotopic (exact) mass is 238 g/mol. The minimum absolute atomic E-state index is 0.147. The van der Waals surface area contributed by atoms with E-state index in [0.29, 0.717) is 11.1 Å². The highest BCUT2D eigenvalue weighted by Crippen LogP contribution is 2.42. The standard InChI is InChI=1S/C12H15ClN2O/c1-7(16)9-4-5-15-10(6-9)11(13)14-12(15)8-2-3-8/h8-9H,2-6H2,1H3. The highest BCUT2D eigenvalue weighted by molar-refractivity contribution is 6.30. The van der Waals surface area contributed by atoms with E-state index in [1.807, 2.05) is 0 Å². The van der Waals surface area contributed by atoms with Gasteiger partial charge in [-0.15, -0.1) is 0 Å². The molecular weight excluding hydrogens is 224 g/mol. The summed E-state index contributed by atoms with van der Waals surface area (Å²) in [4.78, 5) is 15.9. The summed E-state index contributed by atoms with van der Waals surface area (Å²) >= 11 is 6.16. The predicted octanol–water partition coefficient (Wildman–Crippen LogP) is 2.57. The van der Waals surface area contributed by atoms with Crippen LogP contribution in [-0.2, 0) is 17.8 Å². The van der Waals surface area contributed by atoms with E-state index in [1.165, 1.54) is 12.8 Å². The first-order valence-corrected chi connectivity index (χ1v) is 6.30. The summed E-state index contributed by atoms with van der Waals surface area (Å²) in [6.07, 6.45) is 4.19. The SMILES string of the molecule is CC(=O)C1CCn2c(C3CC3)nc(Cl)c2C1. The van der Waals surface area contributed by atoms with Crippen molar-refractivity contribution in [2.24, 2.45) is 5.92 Å². The zero-order chi connectivity index (χ0) is 11.3. The quantitative estimate of drug-likeness (QED) is 0.794. The number of carbonyl (C=O) groups is 1. The Balaban J connectivity index is 1.95. The van der Waals surface area contributed by atoms with Crippen LogP contribution in [0, 0.1) is 5.92 Å². The topological polar surface area (TPSA) is 34.9 Å². The van der Waals surface area contributed by atoms with Crippen molar-refractivity contribution in [3.63, 3.8) is 0 Å². The number of aromatic nitrogens is 2. The van der Waals surface area contributed by atoms with Gasteiger partial charge in [-0.05, 0) is 26.2 Å². The second kappa shape index (κ2) is 3.59. The molecule has 0 radical (unpaired) electrons. The smallest absolute Gasteiger partial charge is 0.150 e. The van der Waals surface area contributed by atoms with E-state index in [2.05, 4.69) is 9.55 Å². The lowest BCUT2D eigenvalue weighted by atomic mass is 9.93. The molecule has 3 rings (SSSR count). The average molecular weight is 239 g/mol. The minimum Gasteiger partial charge on any atom is -0.330 e. The summed E-state index contributed by atoms with van der Waals surface area (Å²) in [5, 5.41) is 0.618. The van der Waals surface area contributed by atoms with Gasteiger partial charge in [0.15, 0.2) is 5.15 Å². The van der Waals surface area contributed by atoms with E-state index in [1.54, 1.807) is 6.92 Å². The molecule has 2 aliphatic rings. The van der Waals surface area contributed by atoms with Gasteiger partial charge in [0.05, 0.1) is 5.69 Å². The maximum absolute atomic E-state index is 11.4. The second-order valence-electron chi connectivity index (χ2n) is 4.93. The Morgan fingerprint density at radius 3 is 2.81 bits per heavy atom. The van der Waals surface area contributed by atoms with E-state index >= 15 is 0 Å². The summed E-state index contributed by atoms with van der Waals surface area (Å²) in [6.45, 7) is 2.58. The van der Waals surface area contributed by atoms with Crippen LogP contribution in [0.25, 0.3) is 0 Å². The Kier molecular flexibility index (Phi) is 2.32. The van der Waals surface area contributed by atoms with Crippen molar-refractivity contribution in [1.29, 1.82) is 0 Å². The van der Waals surface area contributed by atoms with Crippen LogP contribution < -0.4 is 0 Å². The number of hydrogen-bond donors (Lipinski definition) is 0. The van der Waals surface area contributed by atoms with E-state index in [0.717, 1.165) is 30.9 Å². The number of halogens is 1. The summed E-state index contributed by atoms with van der Waals surface area (Å²) in [6, 6.07) is 0. The van der Waals surface area contributed by atoms with Gasteiger partial charge in [-0.1, -0.05) is 11.6 Å². The van der Waals surface area contributed by atoms with Crippen molar-refractivity contribution < 1.29 is 4.79 Å². The Morgan fingerprint density at radius 1 is 1.44 bits per heavy atom. The van der Waals surface area contributed by atoms with Gasteiger partial charge in [0, 0.05) is 24.8 Å². The van der Waals surface area contributed by atoms with Crippen LogP contribution >= 0.6 is 11.6 Å². The maximum Gasteiger partial charge on any atom is 0.150 e. The van der Waals surface area contributed by atoms with Crippen molar-refractivity contribution in [1.82, 2.24) is 9.55 Å². The molecule has 0 saturated heterocycles. The number of rotatable bonds is 2. The van der Waals surface area contributed by atoms with E-state index in [4.69, 9.17) is 11.6 Å². The first kappa shape index (κ1) is 10.3. The summed E-state index contributed by atoms with van der Waals surface area (Å²) in [7, 11) is 0. The molecule has 1 atom stereocenters. The van der Waals surface area contributed by atoms with Crippen LogP contribution in [0.15, 0.2) is 0 Å². The molecule has 2 heterocycles.